The number of para-hydroxylation sites is 1. The van der Waals surface area contributed by atoms with Crippen LogP contribution in [0, 0.1) is 5.82 Å². The SMILES string of the molecule is CCn1cc(C=c2sc3n(c2=O)[C@@H](c2cccc(F)c2)C2=C(N=3)c3ccccc3CC2)c2ccccc21. The molecule has 182 valence electrons. The number of benzene rings is 3. The Morgan fingerprint density at radius 3 is 2.76 bits per heavy atom. The number of aryl methyl sites for hydroxylation is 2. The molecule has 2 aliphatic rings. The van der Waals surface area contributed by atoms with Crippen LogP contribution in [0.5, 0.6) is 0 Å². The molecule has 7 rings (SSSR count). The molecule has 0 saturated carbocycles. The van der Waals surface area contributed by atoms with E-state index in [4.69, 9.17) is 4.99 Å². The van der Waals surface area contributed by atoms with Gasteiger partial charge in [-0.2, -0.15) is 0 Å². The lowest BCUT2D eigenvalue weighted by molar-refractivity contribution is 0.574. The van der Waals surface area contributed by atoms with E-state index in [2.05, 4.69) is 48.0 Å². The van der Waals surface area contributed by atoms with E-state index in [1.165, 1.54) is 23.0 Å². The standard InChI is InChI=1S/C31H24FN3OS/c1-2-34-18-21(23-11-5-6-13-26(23)34)17-27-30(36)35-29(20-9-7-10-22(32)16-20)25-15-14-19-8-3-4-12-24(19)28(25)33-31(35)37-27/h3-13,16-18,29H,2,14-15H2,1H3/t29-/m0/s1. The molecule has 0 spiro atoms. The number of thiazole rings is 1. The van der Waals surface area contributed by atoms with Crippen LogP contribution in [0.4, 0.5) is 4.39 Å². The van der Waals surface area contributed by atoms with E-state index in [0.717, 1.165) is 58.2 Å². The fourth-order valence-corrected chi connectivity index (χ4v) is 6.78. The van der Waals surface area contributed by atoms with Crippen LogP contribution in [0.3, 0.4) is 0 Å². The maximum Gasteiger partial charge on any atom is 0.271 e. The average molecular weight is 506 g/mol. The third kappa shape index (κ3) is 3.47. The number of fused-ring (bicyclic) bond motifs is 4. The topological polar surface area (TPSA) is 39.3 Å². The lowest BCUT2D eigenvalue weighted by Gasteiger charge is -2.30. The lowest BCUT2D eigenvalue weighted by atomic mass is 9.83. The van der Waals surface area contributed by atoms with Crippen molar-refractivity contribution < 1.29 is 4.39 Å². The van der Waals surface area contributed by atoms with Gasteiger partial charge in [0.15, 0.2) is 4.80 Å². The monoisotopic (exact) mass is 505 g/mol. The van der Waals surface area contributed by atoms with E-state index < -0.39 is 0 Å². The lowest BCUT2D eigenvalue weighted by Crippen LogP contribution is -2.38. The van der Waals surface area contributed by atoms with Crippen LogP contribution < -0.4 is 14.9 Å². The summed E-state index contributed by atoms with van der Waals surface area (Å²) >= 11 is 1.41. The van der Waals surface area contributed by atoms with Crippen molar-refractivity contribution in [2.75, 3.05) is 0 Å². The van der Waals surface area contributed by atoms with Gasteiger partial charge in [0.05, 0.1) is 16.3 Å². The van der Waals surface area contributed by atoms with Crippen molar-refractivity contribution in [3.8, 4) is 0 Å². The third-order valence-corrected chi connectivity index (χ3v) is 8.47. The van der Waals surface area contributed by atoms with E-state index in [9.17, 15) is 9.18 Å². The summed E-state index contributed by atoms with van der Waals surface area (Å²) in [5.74, 6) is -0.303. The Labute approximate surface area is 217 Å². The highest BCUT2D eigenvalue weighted by atomic mass is 32.1. The first-order valence-corrected chi connectivity index (χ1v) is 13.4. The van der Waals surface area contributed by atoms with Crippen molar-refractivity contribution >= 4 is 34.0 Å². The summed E-state index contributed by atoms with van der Waals surface area (Å²) in [6.45, 7) is 2.97. The highest BCUT2D eigenvalue weighted by Crippen LogP contribution is 2.41. The van der Waals surface area contributed by atoms with Gasteiger partial charge in [0.1, 0.15) is 5.82 Å². The average Bonchev–Trinajstić information content (AvgIpc) is 3.44. The highest BCUT2D eigenvalue weighted by molar-refractivity contribution is 7.07. The number of halogens is 1. The van der Waals surface area contributed by atoms with Crippen LogP contribution >= 0.6 is 11.3 Å². The van der Waals surface area contributed by atoms with Gasteiger partial charge in [-0.1, -0.05) is 65.9 Å². The largest absolute Gasteiger partial charge is 0.347 e. The predicted molar refractivity (Wildman–Crippen MR) is 147 cm³/mol. The smallest absolute Gasteiger partial charge is 0.271 e. The molecule has 4 nitrogen and oxygen atoms in total. The molecule has 0 saturated heterocycles. The van der Waals surface area contributed by atoms with Gasteiger partial charge in [0.2, 0.25) is 0 Å². The Hall–Kier alpha value is -4.03. The summed E-state index contributed by atoms with van der Waals surface area (Å²) in [6.07, 6.45) is 5.74. The second kappa shape index (κ2) is 8.53. The van der Waals surface area contributed by atoms with Crippen LogP contribution in [-0.2, 0) is 13.0 Å². The molecule has 0 N–H and O–H groups in total. The molecular weight excluding hydrogens is 481 g/mol. The molecule has 0 unspecified atom stereocenters. The van der Waals surface area contributed by atoms with Gasteiger partial charge in [-0.15, -0.1) is 0 Å². The van der Waals surface area contributed by atoms with Crippen molar-refractivity contribution in [1.82, 2.24) is 9.13 Å². The molecule has 0 radical (unpaired) electrons. The van der Waals surface area contributed by atoms with Crippen molar-refractivity contribution in [1.29, 1.82) is 0 Å². The van der Waals surface area contributed by atoms with Crippen molar-refractivity contribution in [2.24, 2.45) is 4.99 Å². The zero-order valence-electron chi connectivity index (χ0n) is 20.3. The number of nitrogens with zero attached hydrogens (tertiary/aromatic N) is 3. The van der Waals surface area contributed by atoms with Crippen molar-refractivity contribution in [3.63, 3.8) is 0 Å². The van der Waals surface area contributed by atoms with E-state index >= 15 is 0 Å². The minimum atomic E-state index is -0.380. The number of aromatic nitrogens is 2. The Balaban J connectivity index is 1.50. The first-order valence-electron chi connectivity index (χ1n) is 12.6. The van der Waals surface area contributed by atoms with Gasteiger partial charge in [-0.25, -0.2) is 9.38 Å². The molecule has 6 heteroatoms. The summed E-state index contributed by atoms with van der Waals surface area (Å²) < 4.78 is 19.0. The minimum absolute atomic E-state index is 0.0863. The normalized spacial score (nSPS) is 16.9. The number of hydrogen-bond acceptors (Lipinski definition) is 3. The van der Waals surface area contributed by atoms with Gasteiger partial charge in [0.25, 0.3) is 5.56 Å². The maximum atomic E-state index is 14.4. The Morgan fingerprint density at radius 2 is 1.89 bits per heavy atom. The molecule has 2 aromatic heterocycles. The number of rotatable bonds is 3. The van der Waals surface area contributed by atoms with Crippen LogP contribution in [0.1, 0.15) is 41.6 Å². The molecule has 1 aliphatic heterocycles. The van der Waals surface area contributed by atoms with Crippen LogP contribution in [0.2, 0.25) is 0 Å². The fraction of sp³-hybridized carbons (Fsp3) is 0.161. The van der Waals surface area contributed by atoms with E-state index in [1.807, 2.05) is 30.3 Å². The Morgan fingerprint density at radius 1 is 1.05 bits per heavy atom. The quantitative estimate of drug-likeness (QED) is 0.322. The summed E-state index contributed by atoms with van der Waals surface area (Å²) in [5.41, 5.74) is 7.21. The van der Waals surface area contributed by atoms with Crippen LogP contribution in [0.15, 0.2) is 94.4 Å². The molecule has 0 amide bonds. The van der Waals surface area contributed by atoms with Crippen molar-refractivity contribution in [2.45, 2.75) is 32.4 Å². The molecule has 0 bridgehead atoms. The highest BCUT2D eigenvalue weighted by Gasteiger charge is 2.32. The first-order chi connectivity index (χ1) is 18.1. The Bertz CT molecular complexity index is 1920. The first kappa shape index (κ1) is 22.2. The summed E-state index contributed by atoms with van der Waals surface area (Å²) in [4.78, 5) is 19.7. The third-order valence-electron chi connectivity index (χ3n) is 7.48. The molecule has 3 aromatic carbocycles. The fourth-order valence-electron chi connectivity index (χ4n) is 5.79. The van der Waals surface area contributed by atoms with Gasteiger partial charge in [-0.3, -0.25) is 9.36 Å². The Kier molecular flexibility index (Phi) is 5.11. The van der Waals surface area contributed by atoms with Gasteiger partial charge in [0, 0.05) is 34.8 Å². The summed E-state index contributed by atoms with van der Waals surface area (Å²) in [7, 11) is 0. The summed E-state index contributed by atoms with van der Waals surface area (Å²) in [5, 5.41) is 1.12. The molecule has 3 heterocycles. The maximum absolute atomic E-state index is 14.4. The molecule has 0 fully saturated rings. The molecule has 1 aliphatic carbocycles. The predicted octanol–water partition coefficient (Wildman–Crippen LogP) is 5.43. The van der Waals surface area contributed by atoms with Gasteiger partial charge in [-0.05, 0) is 60.7 Å². The zero-order valence-corrected chi connectivity index (χ0v) is 21.1. The van der Waals surface area contributed by atoms with Crippen molar-refractivity contribution in [3.05, 3.63) is 132 Å². The van der Waals surface area contributed by atoms with E-state index in [-0.39, 0.29) is 17.4 Å². The van der Waals surface area contributed by atoms with E-state index in [1.54, 1.807) is 16.7 Å². The number of allylic oxidation sites excluding steroid dienone is 1. The molecular formula is C31H24FN3OS. The van der Waals surface area contributed by atoms with Crippen LogP contribution in [-0.4, -0.2) is 9.13 Å². The number of hydrogen-bond donors (Lipinski definition) is 0. The molecule has 37 heavy (non-hydrogen) atoms. The van der Waals surface area contributed by atoms with Gasteiger partial charge < -0.3 is 4.57 Å². The molecule has 5 aromatic rings. The van der Waals surface area contributed by atoms with Gasteiger partial charge >= 0.3 is 0 Å². The minimum Gasteiger partial charge on any atom is -0.347 e. The van der Waals surface area contributed by atoms with E-state index in [0.29, 0.717) is 9.33 Å². The summed E-state index contributed by atoms with van der Waals surface area (Å²) in [6, 6.07) is 22.8. The van der Waals surface area contributed by atoms with Crippen LogP contribution in [0.25, 0.3) is 22.7 Å². The second-order valence-electron chi connectivity index (χ2n) is 9.56. The zero-order chi connectivity index (χ0) is 25.1. The molecule has 1 atom stereocenters. The second-order valence-corrected chi connectivity index (χ2v) is 10.6.